The Balaban J connectivity index is 2.74. The van der Waals surface area contributed by atoms with Crippen molar-refractivity contribution in [1.29, 1.82) is 0 Å². The first-order chi connectivity index (χ1) is 6.74. The number of rotatable bonds is 5. The summed E-state index contributed by atoms with van der Waals surface area (Å²) in [4.78, 5) is 10.8. The Morgan fingerprint density at radius 2 is 2.14 bits per heavy atom. The van der Waals surface area contributed by atoms with Crippen LogP contribution < -0.4 is 10.5 Å². The van der Waals surface area contributed by atoms with Gasteiger partial charge in [-0.3, -0.25) is 4.79 Å². The number of carbonyl (C=O) groups excluding carboxylic acids is 1. The minimum Gasteiger partial charge on any atom is -0.492 e. The van der Waals surface area contributed by atoms with Crippen molar-refractivity contribution in [2.24, 2.45) is 5.73 Å². The lowest BCUT2D eigenvalue weighted by atomic mass is 10.1. The molecule has 0 unspecified atom stereocenters. The number of primary amides is 1. The normalized spacial score (nSPS) is 9.79. The van der Waals surface area contributed by atoms with E-state index in [-0.39, 0.29) is 12.3 Å². The van der Waals surface area contributed by atoms with Crippen molar-refractivity contribution < 1.29 is 9.53 Å². The van der Waals surface area contributed by atoms with E-state index in [1.54, 1.807) is 0 Å². The van der Waals surface area contributed by atoms with Gasteiger partial charge in [-0.2, -0.15) is 0 Å². The molecule has 4 heteroatoms. The first-order valence-electron chi connectivity index (χ1n) is 4.29. The third kappa shape index (κ3) is 3.38. The van der Waals surface area contributed by atoms with Crippen LogP contribution in [-0.4, -0.2) is 17.8 Å². The zero-order valence-electron chi connectivity index (χ0n) is 7.70. The summed E-state index contributed by atoms with van der Waals surface area (Å²) in [6.07, 6.45) is 0.221. The molecule has 0 spiro atoms. The molecule has 0 aliphatic rings. The molecule has 2 N–H and O–H groups in total. The average molecular weight is 258 g/mol. The van der Waals surface area contributed by atoms with Gasteiger partial charge in [0, 0.05) is 10.9 Å². The fourth-order valence-corrected chi connectivity index (χ4v) is 1.29. The zero-order valence-corrected chi connectivity index (χ0v) is 9.29. The lowest BCUT2D eigenvalue weighted by Crippen LogP contribution is -2.14. The van der Waals surface area contributed by atoms with Gasteiger partial charge in [0.1, 0.15) is 5.75 Å². The van der Waals surface area contributed by atoms with Crippen molar-refractivity contribution in [2.75, 3.05) is 11.9 Å². The second kappa shape index (κ2) is 5.65. The third-order valence-electron chi connectivity index (χ3n) is 1.67. The van der Waals surface area contributed by atoms with Gasteiger partial charge in [-0.05, 0) is 6.07 Å². The second-order valence-electron chi connectivity index (χ2n) is 2.79. The van der Waals surface area contributed by atoms with Crippen molar-refractivity contribution in [3.63, 3.8) is 0 Å². The number of halogens is 1. The third-order valence-corrected chi connectivity index (χ3v) is 2.00. The van der Waals surface area contributed by atoms with Crippen molar-refractivity contribution in [2.45, 2.75) is 6.42 Å². The summed E-state index contributed by atoms with van der Waals surface area (Å²) in [7, 11) is 0. The molecule has 0 heterocycles. The zero-order chi connectivity index (χ0) is 10.4. The molecule has 0 atom stereocenters. The molecule has 0 aliphatic carbocycles. The molecule has 0 radical (unpaired) electrons. The lowest BCUT2D eigenvalue weighted by molar-refractivity contribution is -0.117. The van der Waals surface area contributed by atoms with E-state index in [0.29, 0.717) is 6.61 Å². The number of nitrogens with two attached hydrogens (primary N) is 1. The van der Waals surface area contributed by atoms with E-state index in [2.05, 4.69) is 15.9 Å². The number of para-hydroxylation sites is 1. The van der Waals surface area contributed by atoms with Crippen molar-refractivity contribution in [1.82, 2.24) is 0 Å². The van der Waals surface area contributed by atoms with Gasteiger partial charge in [0.05, 0.1) is 13.0 Å². The Hall–Kier alpha value is -1.03. The number of hydrogen-bond acceptors (Lipinski definition) is 2. The molecule has 1 aromatic carbocycles. The summed E-state index contributed by atoms with van der Waals surface area (Å²) in [6, 6.07) is 7.41. The molecule has 0 saturated carbocycles. The number of carbonyl (C=O) groups is 1. The SMILES string of the molecule is NC(=O)Cc1ccccc1OCCBr. The summed E-state index contributed by atoms with van der Waals surface area (Å²) in [6.45, 7) is 0.579. The van der Waals surface area contributed by atoms with Gasteiger partial charge >= 0.3 is 0 Å². The smallest absolute Gasteiger partial charge is 0.221 e. The van der Waals surface area contributed by atoms with E-state index in [1.807, 2.05) is 24.3 Å². The highest BCUT2D eigenvalue weighted by molar-refractivity contribution is 9.09. The summed E-state index contributed by atoms with van der Waals surface area (Å²) in [5, 5.41) is 0.762. The molecule has 0 aromatic heterocycles. The van der Waals surface area contributed by atoms with Crippen molar-refractivity contribution >= 4 is 21.8 Å². The van der Waals surface area contributed by atoms with Gasteiger partial charge < -0.3 is 10.5 Å². The first kappa shape index (κ1) is 11.0. The molecule has 14 heavy (non-hydrogen) atoms. The van der Waals surface area contributed by atoms with E-state index in [4.69, 9.17) is 10.5 Å². The maximum Gasteiger partial charge on any atom is 0.221 e. The molecule has 1 amide bonds. The predicted molar refractivity (Wildman–Crippen MR) is 58.6 cm³/mol. The monoisotopic (exact) mass is 257 g/mol. The Kier molecular flexibility index (Phi) is 4.46. The summed E-state index contributed by atoms with van der Waals surface area (Å²) in [5.74, 6) is 0.380. The second-order valence-corrected chi connectivity index (χ2v) is 3.58. The number of benzene rings is 1. The van der Waals surface area contributed by atoms with Gasteiger partial charge in [-0.25, -0.2) is 0 Å². The largest absolute Gasteiger partial charge is 0.492 e. The van der Waals surface area contributed by atoms with Crippen LogP contribution in [0.15, 0.2) is 24.3 Å². The van der Waals surface area contributed by atoms with Crippen LogP contribution in [0.3, 0.4) is 0 Å². The van der Waals surface area contributed by atoms with Gasteiger partial charge in [-0.1, -0.05) is 34.1 Å². The fourth-order valence-electron chi connectivity index (χ4n) is 1.13. The van der Waals surface area contributed by atoms with E-state index >= 15 is 0 Å². The highest BCUT2D eigenvalue weighted by Crippen LogP contribution is 2.18. The Morgan fingerprint density at radius 1 is 1.43 bits per heavy atom. The summed E-state index contributed by atoms with van der Waals surface area (Å²) in [5.41, 5.74) is 5.95. The van der Waals surface area contributed by atoms with E-state index in [0.717, 1.165) is 16.6 Å². The maximum atomic E-state index is 10.8. The highest BCUT2D eigenvalue weighted by atomic mass is 79.9. The van der Waals surface area contributed by atoms with Crippen LogP contribution in [0.25, 0.3) is 0 Å². The molecule has 0 saturated heterocycles. The molecule has 0 aliphatic heterocycles. The van der Waals surface area contributed by atoms with E-state index in [1.165, 1.54) is 0 Å². The van der Waals surface area contributed by atoms with Gasteiger partial charge in [0.15, 0.2) is 0 Å². The molecule has 3 nitrogen and oxygen atoms in total. The number of amides is 1. The maximum absolute atomic E-state index is 10.8. The molecular weight excluding hydrogens is 246 g/mol. The van der Waals surface area contributed by atoms with Crippen LogP contribution in [-0.2, 0) is 11.2 Å². The van der Waals surface area contributed by atoms with Crippen molar-refractivity contribution in [3.8, 4) is 5.75 Å². The van der Waals surface area contributed by atoms with Gasteiger partial charge in [0.25, 0.3) is 0 Å². The standard InChI is InChI=1S/C10H12BrNO2/c11-5-6-14-9-4-2-1-3-8(9)7-10(12)13/h1-4H,5-7H2,(H2,12,13). The number of alkyl halides is 1. The molecule has 1 aromatic rings. The Labute approximate surface area is 91.4 Å². The van der Waals surface area contributed by atoms with Gasteiger partial charge in [-0.15, -0.1) is 0 Å². The molecule has 0 fully saturated rings. The fraction of sp³-hybridized carbons (Fsp3) is 0.300. The number of ether oxygens (including phenoxy) is 1. The Morgan fingerprint density at radius 3 is 2.79 bits per heavy atom. The van der Waals surface area contributed by atoms with Gasteiger partial charge in [0.2, 0.25) is 5.91 Å². The molecule has 76 valence electrons. The van der Waals surface area contributed by atoms with E-state index < -0.39 is 0 Å². The van der Waals surface area contributed by atoms with E-state index in [9.17, 15) is 4.79 Å². The van der Waals surface area contributed by atoms with Crippen LogP contribution >= 0.6 is 15.9 Å². The van der Waals surface area contributed by atoms with Crippen LogP contribution in [0.5, 0.6) is 5.75 Å². The lowest BCUT2D eigenvalue weighted by Gasteiger charge is -2.08. The Bertz CT molecular complexity index is 315. The quantitative estimate of drug-likeness (QED) is 0.813. The predicted octanol–water partition coefficient (Wildman–Crippen LogP) is 1.49. The topological polar surface area (TPSA) is 52.3 Å². The van der Waals surface area contributed by atoms with Crippen LogP contribution in [0.4, 0.5) is 0 Å². The van der Waals surface area contributed by atoms with Crippen LogP contribution in [0, 0.1) is 0 Å². The minimum absolute atomic E-state index is 0.221. The molecular formula is C10H12BrNO2. The first-order valence-corrected chi connectivity index (χ1v) is 5.41. The van der Waals surface area contributed by atoms with Crippen molar-refractivity contribution in [3.05, 3.63) is 29.8 Å². The molecule has 1 rings (SSSR count). The summed E-state index contributed by atoms with van der Waals surface area (Å²) >= 11 is 3.27. The highest BCUT2D eigenvalue weighted by Gasteiger charge is 2.05. The summed E-state index contributed by atoms with van der Waals surface area (Å²) < 4.78 is 5.43. The minimum atomic E-state index is -0.347. The van der Waals surface area contributed by atoms with Crippen LogP contribution in [0.2, 0.25) is 0 Å². The molecule has 0 bridgehead atoms. The number of hydrogen-bond donors (Lipinski definition) is 1. The van der Waals surface area contributed by atoms with Crippen LogP contribution in [0.1, 0.15) is 5.56 Å². The average Bonchev–Trinajstić information content (AvgIpc) is 2.16.